The van der Waals surface area contributed by atoms with Gasteiger partial charge < -0.3 is 15.1 Å². The van der Waals surface area contributed by atoms with Gasteiger partial charge in [-0.3, -0.25) is 0 Å². The molecule has 33 heavy (non-hydrogen) atoms. The fourth-order valence-corrected chi connectivity index (χ4v) is 6.10. The first-order chi connectivity index (χ1) is 15.5. The molecule has 0 aliphatic carbocycles. The number of halogens is 1. The molecule has 3 aromatic rings. The van der Waals surface area contributed by atoms with E-state index in [4.69, 9.17) is 0 Å². The van der Waals surface area contributed by atoms with Crippen LogP contribution < -0.4 is 4.90 Å². The summed E-state index contributed by atoms with van der Waals surface area (Å²) in [6, 6.07) is 15.2. The maximum atomic E-state index is 14.0. The van der Waals surface area contributed by atoms with Crippen molar-refractivity contribution in [2.75, 3.05) is 4.90 Å². The highest BCUT2D eigenvalue weighted by atomic mass is 32.2. The van der Waals surface area contributed by atoms with E-state index >= 15 is 0 Å². The van der Waals surface area contributed by atoms with E-state index in [0.717, 1.165) is 0 Å². The van der Waals surface area contributed by atoms with E-state index in [1.54, 1.807) is 56.0 Å². The third-order valence-electron chi connectivity index (χ3n) is 6.10. The summed E-state index contributed by atoms with van der Waals surface area (Å²) in [4.78, 5) is 13.0. The van der Waals surface area contributed by atoms with Crippen molar-refractivity contribution < 1.29 is 27.8 Å². The van der Waals surface area contributed by atoms with Gasteiger partial charge in [-0.1, -0.05) is 18.2 Å². The number of carboxylic acid groups (broad SMARTS) is 1. The fourth-order valence-electron chi connectivity index (χ4n) is 4.34. The number of fused-ring (bicyclic) bond motifs is 1. The molecule has 2 N–H and O–H groups in total. The molecule has 1 heterocycles. The third-order valence-corrected chi connectivity index (χ3v) is 8.57. The molecular weight excluding hydrogens is 445 g/mol. The lowest BCUT2D eigenvalue weighted by Gasteiger charge is -2.32. The zero-order valence-electron chi connectivity index (χ0n) is 18.4. The number of phenols is 1. The number of nitrogens with zero attached hydrogens (tertiary/aromatic N) is 1. The molecule has 2 atom stereocenters. The number of hydrogen-bond donors (Lipinski definition) is 2. The van der Waals surface area contributed by atoms with Crippen molar-refractivity contribution >= 4 is 27.2 Å². The molecule has 3 aromatic carbocycles. The van der Waals surface area contributed by atoms with Crippen molar-refractivity contribution in [3.05, 3.63) is 88.7 Å². The molecule has 0 aromatic heterocycles. The number of phenolic OH excluding ortho intramolecular Hbond substituents is 1. The SMILES string of the molecule is Cc1cc(N2c3cccc(O)c3C(c3ccc(C(=O)O)cc3)C2S(=O)(=O)C(C)C)ccc1F. The van der Waals surface area contributed by atoms with Crippen molar-refractivity contribution in [3.8, 4) is 5.75 Å². The monoisotopic (exact) mass is 469 g/mol. The molecule has 0 radical (unpaired) electrons. The summed E-state index contributed by atoms with van der Waals surface area (Å²) in [6.07, 6.45) is 0. The van der Waals surface area contributed by atoms with Crippen molar-refractivity contribution in [1.29, 1.82) is 0 Å². The Bertz CT molecular complexity index is 1340. The Kier molecular flexibility index (Phi) is 5.66. The van der Waals surface area contributed by atoms with Gasteiger partial charge in [0.2, 0.25) is 0 Å². The highest BCUT2D eigenvalue weighted by molar-refractivity contribution is 7.92. The summed E-state index contributed by atoms with van der Waals surface area (Å²) >= 11 is 0. The van der Waals surface area contributed by atoms with Crippen molar-refractivity contribution in [2.45, 2.75) is 37.3 Å². The van der Waals surface area contributed by atoms with Crippen LogP contribution in [0.25, 0.3) is 0 Å². The first kappa shape index (κ1) is 22.8. The van der Waals surface area contributed by atoms with Crippen LogP contribution in [0.3, 0.4) is 0 Å². The first-order valence-corrected chi connectivity index (χ1v) is 12.1. The molecule has 0 spiro atoms. The molecule has 8 heteroatoms. The van der Waals surface area contributed by atoms with E-state index in [9.17, 15) is 27.8 Å². The molecule has 1 aliphatic heterocycles. The fraction of sp³-hybridized carbons (Fsp3) is 0.240. The van der Waals surface area contributed by atoms with E-state index in [-0.39, 0.29) is 11.3 Å². The minimum Gasteiger partial charge on any atom is -0.508 e. The average molecular weight is 470 g/mol. The van der Waals surface area contributed by atoms with Crippen molar-refractivity contribution in [3.63, 3.8) is 0 Å². The van der Waals surface area contributed by atoms with Crippen LogP contribution in [0.4, 0.5) is 15.8 Å². The van der Waals surface area contributed by atoms with Gasteiger partial charge in [0.15, 0.2) is 9.84 Å². The average Bonchev–Trinajstić information content (AvgIpc) is 3.13. The van der Waals surface area contributed by atoms with E-state index < -0.39 is 38.2 Å². The molecule has 4 rings (SSSR count). The quantitative estimate of drug-likeness (QED) is 0.548. The highest BCUT2D eigenvalue weighted by Crippen LogP contribution is 2.53. The minimum atomic E-state index is -3.80. The molecule has 0 bridgehead atoms. The number of aryl methyl sites for hydroxylation is 1. The van der Waals surface area contributed by atoms with Gasteiger partial charge in [-0.05, 0) is 74.4 Å². The van der Waals surface area contributed by atoms with Gasteiger partial charge >= 0.3 is 5.97 Å². The van der Waals surface area contributed by atoms with Crippen LogP contribution >= 0.6 is 0 Å². The van der Waals surface area contributed by atoms with E-state index in [2.05, 4.69) is 0 Å². The molecule has 0 saturated heterocycles. The van der Waals surface area contributed by atoms with Crippen LogP contribution in [0.1, 0.15) is 46.8 Å². The van der Waals surface area contributed by atoms with E-state index in [0.29, 0.717) is 28.1 Å². The van der Waals surface area contributed by atoms with Crippen LogP contribution in [-0.4, -0.2) is 35.2 Å². The second-order valence-electron chi connectivity index (χ2n) is 8.45. The normalized spacial score (nSPS) is 17.9. The van der Waals surface area contributed by atoms with Gasteiger partial charge in [0.25, 0.3) is 0 Å². The van der Waals surface area contributed by atoms with Crippen LogP contribution in [0.2, 0.25) is 0 Å². The number of benzene rings is 3. The largest absolute Gasteiger partial charge is 0.508 e. The predicted octanol–water partition coefficient (Wildman–Crippen LogP) is 4.97. The molecule has 172 valence electrons. The number of carboxylic acids is 1. The maximum absolute atomic E-state index is 14.0. The Balaban J connectivity index is 2.02. The Hall–Kier alpha value is -3.39. The lowest BCUT2D eigenvalue weighted by molar-refractivity contribution is 0.0697. The van der Waals surface area contributed by atoms with Crippen LogP contribution in [0.5, 0.6) is 5.75 Å². The number of aromatic carboxylic acids is 1. The molecule has 0 amide bonds. The number of aromatic hydroxyl groups is 1. The summed E-state index contributed by atoms with van der Waals surface area (Å²) in [5.74, 6) is -2.35. The predicted molar refractivity (Wildman–Crippen MR) is 124 cm³/mol. The number of rotatable bonds is 5. The van der Waals surface area contributed by atoms with Crippen molar-refractivity contribution in [2.24, 2.45) is 0 Å². The van der Waals surface area contributed by atoms with Crippen LogP contribution in [-0.2, 0) is 9.84 Å². The van der Waals surface area contributed by atoms with Gasteiger partial charge in [0.1, 0.15) is 16.9 Å². The molecule has 2 unspecified atom stereocenters. The van der Waals surface area contributed by atoms with Crippen LogP contribution in [0.15, 0.2) is 60.7 Å². The Morgan fingerprint density at radius 2 is 1.73 bits per heavy atom. The van der Waals surface area contributed by atoms with E-state index in [1.165, 1.54) is 30.3 Å². The maximum Gasteiger partial charge on any atom is 0.335 e. The Morgan fingerprint density at radius 3 is 2.30 bits per heavy atom. The molecule has 0 fully saturated rings. The molecule has 1 aliphatic rings. The van der Waals surface area contributed by atoms with Gasteiger partial charge in [0, 0.05) is 17.2 Å². The second kappa shape index (κ2) is 8.19. The zero-order chi connectivity index (χ0) is 24.1. The van der Waals surface area contributed by atoms with Gasteiger partial charge in [0.05, 0.1) is 16.5 Å². The topological polar surface area (TPSA) is 94.9 Å². The number of carbonyl (C=O) groups is 1. The lowest BCUT2D eigenvalue weighted by atomic mass is 9.91. The number of anilines is 2. The van der Waals surface area contributed by atoms with Crippen LogP contribution in [0, 0.1) is 12.7 Å². The first-order valence-electron chi connectivity index (χ1n) is 10.5. The minimum absolute atomic E-state index is 0.0647. The van der Waals surface area contributed by atoms with Gasteiger partial charge in [-0.2, -0.15) is 0 Å². The third kappa shape index (κ3) is 3.74. The molecular formula is C25H24FNO5S. The summed E-state index contributed by atoms with van der Waals surface area (Å²) < 4.78 is 41.5. The van der Waals surface area contributed by atoms with E-state index in [1.807, 2.05) is 0 Å². The smallest absolute Gasteiger partial charge is 0.335 e. The van der Waals surface area contributed by atoms with Crippen molar-refractivity contribution in [1.82, 2.24) is 0 Å². The number of hydrogen-bond acceptors (Lipinski definition) is 5. The van der Waals surface area contributed by atoms with Gasteiger partial charge in [-0.25, -0.2) is 17.6 Å². The summed E-state index contributed by atoms with van der Waals surface area (Å²) in [5, 5.41) is 18.2. The second-order valence-corrected chi connectivity index (χ2v) is 11.1. The van der Waals surface area contributed by atoms with Gasteiger partial charge in [-0.15, -0.1) is 0 Å². The Labute approximate surface area is 191 Å². The summed E-state index contributed by atoms with van der Waals surface area (Å²) in [6.45, 7) is 4.79. The summed E-state index contributed by atoms with van der Waals surface area (Å²) in [7, 11) is -3.80. The highest BCUT2D eigenvalue weighted by Gasteiger charge is 2.49. The molecule has 6 nitrogen and oxygen atoms in total. The lowest BCUT2D eigenvalue weighted by Crippen LogP contribution is -2.42. The number of sulfone groups is 1. The Morgan fingerprint density at radius 1 is 1.06 bits per heavy atom. The molecule has 0 saturated carbocycles. The summed E-state index contributed by atoms with van der Waals surface area (Å²) in [5.41, 5.74) is 2.41. The standard InChI is InChI=1S/C25H24FNO5S/c1-14(2)33(31,32)24-22(16-7-9-17(10-8-16)25(29)30)23-20(5-4-6-21(23)28)27(24)18-11-12-19(26)15(3)13-18/h4-14,22,24,28H,1-3H3,(H,29,30). The zero-order valence-corrected chi connectivity index (χ0v) is 19.2.